The molecule has 43 heavy (non-hydrogen) atoms. The number of piperidine rings is 1. The standard InChI is InChI=1S/C17H24N2O5S.C16H21NO/c1-3-10-19(15-8-11-18(21)12-9-15)17(20)24-13-14-4-6-16(7-5-14)25(2,22)23;18-16(14-8-4-5-9-14)17-11-10-15(12-17)13-6-2-1-3-7-13/h3-7,15,21H,1,8-13H2,2H3;1-3,6-7,14-15H,4-5,8-12H2. The van der Waals surface area contributed by atoms with E-state index in [2.05, 4.69) is 41.8 Å². The minimum Gasteiger partial charge on any atom is -0.445 e. The molecule has 2 aliphatic heterocycles. The summed E-state index contributed by atoms with van der Waals surface area (Å²) in [5.74, 6) is 1.31. The molecule has 0 radical (unpaired) electrons. The van der Waals surface area contributed by atoms with Crippen LogP contribution in [0.1, 0.15) is 62.0 Å². The van der Waals surface area contributed by atoms with Gasteiger partial charge in [-0.15, -0.1) is 6.58 Å². The molecule has 9 nitrogen and oxygen atoms in total. The highest BCUT2D eigenvalue weighted by Gasteiger charge is 2.32. The molecule has 2 amide bonds. The smallest absolute Gasteiger partial charge is 0.410 e. The van der Waals surface area contributed by atoms with E-state index >= 15 is 0 Å². The molecule has 0 aromatic heterocycles. The van der Waals surface area contributed by atoms with Crippen molar-refractivity contribution in [3.05, 3.63) is 78.4 Å². The number of likely N-dealkylation sites (tertiary alicyclic amines) is 1. The number of rotatable bonds is 8. The lowest BCUT2D eigenvalue weighted by Crippen LogP contribution is -2.46. The first kappa shape index (κ1) is 32.7. The maximum Gasteiger partial charge on any atom is 0.410 e. The zero-order valence-electron chi connectivity index (χ0n) is 25.1. The van der Waals surface area contributed by atoms with Crippen molar-refractivity contribution in [2.24, 2.45) is 5.92 Å². The van der Waals surface area contributed by atoms with Crippen LogP contribution in [-0.2, 0) is 26.0 Å². The molecule has 1 atom stereocenters. The fourth-order valence-electron chi connectivity index (χ4n) is 6.13. The lowest BCUT2D eigenvalue weighted by Gasteiger charge is -2.35. The molecule has 0 bridgehead atoms. The summed E-state index contributed by atoms with van der Waals surface area (Å²) >= 11 is 0. The average molecular weight is 612 g/mol. The van der Waals surface area contributed by atoms with Crippen molar-refractivity contribution in [1.29, 1.82) is 0 Å². The van der Waals surface area contributed by atoms with Crippen LogP contribution in [0.4, 0.5) is 4.79 Å². The number of carbonyl (C=O) groups is 2. The minimum atomic E-state index is -3.24. The quantitative estimate of drug-likeness (QED) is 0.406. The zero-order valence-corrected chi connectivity index (χ0v) is 26.0. The second kappa shape index (κ2) is 15.5. The highest BCUT2D eigenvalue weighted by atomic mass is 32.2. The summed E-state index contributed by atoms with van der Waals surface area (Å²) in [5.41, 5.74) is 2.10. The summed E-state index contributed by atoms with van der Waals surface area (Å²) in [6, 6.07) is 16.9. The molecule has 1 unspecified atom stereocenters. The van der Waals surface area contributed by atoms with Gasteiger partial charge in [0.15, 0.2) is 9.84 Å². The van der Waals surface area contributed by atoms with Gasteiger partial charge in [0.2, 0.25) is 5.91 Å². The summed E-state index contributed by atoms with van der Waals surface area (Å²) in [7, 11) is -3.24. The van der Waals surface area contributed by atoms with Crippen molar-refractivity contribution in [3.63, 3.8) is 0 Å². The van der Waals surface area contributed by atoms with Crippen LogP contribution >= 0.6 is 0 Å². The summed E-state index contributed by atoms with van der Waals surface area (Å²) in [6.07, 6.45) is 9.53. The third kappa shape index (κ3) is 9.39. The Bertz CT molecular complexity index is 1300. The molecule has 1 saturated carbocycles. The minimum absolute atomic E-state index is 0.00140. The van der Waals surface area contributed by atoms with Gasteiger partial charge in [-0.25, -0.2) is 13.2 Å². The molecule has 5 rings (SSSR count). The van der Waals surface area contributed by atoms with Crippen LogP contribution in [0, 0.1) is 5.92 Å². The van der Waals surface area contributed by atoms with Crippen LogP contribution in [0.3, 0.4) is 0 Å². The van der Waals surface area contributed by atoms with Gasteiger partial charge in [-0.1, -0.05) is 61.4 Å². The third-order valence-corrected chi connectivity index (χ3v) is 9.76. The number of hydrogen-bond acceptors (Lipinski definition) is 7. The van der Waals surface area contributed by atoms with E-state index in [0.29, 0.717) is 55.8 Å². The lowest BCUT2D eigenvalue weighted by molar-refractivity contribution is -0.134. The van der Waals surface area contributed by atoms with Gasteiger partial charge in [-0.05, 0) is 55.4 Å². The molecule has 2 aromatic rings. The first-order chi connectivity index (χ1) is 20.7. The Morgan fingerprint density at radius 2 is 1.63 bits per heavy atom. The number of sulfone groups is 1. The van der Waals surface area contributed by atoms with Gasteiger partial charge in [0.1, 0.15) is 6.61 Å². The molecule has 2 saturated heterocycles. The highest BCUT2D eigenvalue weighted by Crippen LogP contribution is 2.32. The normalized spacial score (nSPS) is 19.9. The fraction of sp³-hybridized carbons (Fsp3) is 0.515. The maximum atomic E-state index is 12.4. The van der Waals surface area contributed by atoms with E-state index < -0.39 is 15.9 Å². The Hall–Kier alpha value is -3.21. The number of nitrogens with zero attached hydrogens (tertiary/aromatic N) is 3. The van der Waals surface area contributed by atoms with Gasteiger partial charge < -0.3 is 19.7 Å². The van der Waals surface area contributed by atoms with Gasteiger partial charge in [-0.2, -0.15) is 5.06 Å². The van der Waals surface area contributed by atoms with E-state index in [1.165, 1.54) is 35.6 Å². The number of ether oxygens (including phenoxy) is 1. The van der Waals surface area contributed by atoms with E-state index in [9.17, 15) is 23.2 Å². The fourth-order valence-corrected chi connectivity index (χ4v) is 6.76. The van der Waals surface area contributed by atoms with E-state index in [1.807, 2.05) is 0 Å². The summed E-state index contributed by atoms with van der Waals surface area (Å²) in [4.78, 5) is 28.7. The Balaban J connectivity index is 0.000000206. The Morgan fingerprint density at radius 3 is 2.23 bits per heavy atom. The topological polar surface area (TPSA) is 107 Å². The molecule has 3 fully saturated rings. The second-order valence-electron chi connectivity index (χ2n) is 11.8. The maximum absolute atomic E-state index is 12.4. The van der Waals surface area contributed by atoms with Gasteiger partial charge in [0, 0.05) is 56.9 Å². The molecule has 2 aromatic carbocycles. The van der Waals surface area contributed by atoms with E-state index in [4.69, 9.17) is 4.74 Å². The van der Waals surface area contributed by atoms with E-state index in [1.54, 1.807) is 23.1 Å². The van der Waals surface area contributed by atoms with Gasteiger partial charge in [0.05, 0.1) is 4.90 Å². The van der Waals surface area contributed by atoms with Crippen LogP contribution in [-0.4, -0.2) is 85.5 Å². The molecule has 234 valence electrons. The molecule has 10 heteroatoms. The SMILES string of the molecule is C=CCN(C(=O)OCc1ccc(S(C)(=O)=O)cc1)C1CCN(O)CC1.O=C(C1CCCC1)N1CCC(c2ccccc2)C1. The Labute approximate surface area is 256 Å². The molecular weight excluding hydrogens is 566 g/mol. The van der Waals surface area contributed by atoms with E-state index in [0.717, 1.165) is 38.6 Å². The van der Waals surface area contributed by atoms with Gasteiger partial charge >= 0.3 is 6.09 Å². The zero-order chi connectivity index (χ0) is 30.8. The number of amides is 2. The van der Waals surface area contributed by atoms with Crippen molar-refractivity contribution >= 4 is 21.8 Å². The first-order valence-corrected chi connectivity index (χ1v) is 17.2. The largest absolute Gasteiger partial charge is 0.445 e. The lowest BCUT2D eigenvalue weighted by atomic mass is 9.99. The number of benzene rings is 2. The molecule has 1 N–H and O–H groups in total. The first-order valence-electron chi connectivity index (χ1n) is 15.3. The molecule has 0 spiro atoms. The molecule has 3 aliphatic rings. The van der Waals surface area contributed by atoms with Crippen molar-refractivity contribution in [2.45, 2.75) is 68.4 Å². The van der Waals surface area contributed by atoms with Crippen LogP contribution in [0.25, 0.3) is 0 Å². The second-order valence-corrected chi connectivity index (χ2v) is 13.8. The molecular formula is C33H45N3O6S. The summed E-state index contributed by atoms with van der Waals surface area (Å²) in [5, 5.41) is 10.7. The predicted octanol–water partition coefficient (Wildman–Crippen LogP) is 5.26. The number of hydroxylamine groups is 2. The van der Waals surface area contributed by atoms with Crippen molar-refractivity contribution in [3.8, 4) is 0 Å². The Morgan fingerprint density at radius 1 is 0.977 bits per heavy atom. The predicted molar refractivity (Wildman–Crippen MR) is 165 cm³/mol. The molecule has 1 aliphatic carbocycles. The summed E-state index contributed by atoms with van der Waals surface area (Å²) in [6.45, 7) is 7.03. The third-order valence-electron chi connectivity index (χ3n) is 8.63. The van der Waals surface area contributed by atoms with Crippen LogP contribution < -0.4 is 0 Å². The number of hydrogen-bond donors (Lipinski definition) is 1. The van der Waals surface area contributed by atoms with Crippen LogP contribution in [0.15, 0.2) is 72.1 Å². The summed E-state index contributed by atoms with van der Waals surface area (Å²) < 4.78 is 28.3. The number of carbonyl (C=O) groups excluding carboxylic acids is 2. The van der Waals surface area contributed by atoms with Crippen molar-refractivity contribution in [1.82, 2.24) is 14.9 Å². The molecule has 2 heterocycles. The average Bonchev–Trinajstić information content (AvgIpc) is 3.73. The van der Waals surface area contributed by atoms with E-state index in [-0.39, 0.29) is 17.5 Å². The van der Waals surface area contributed by atoms with Gasteiger partial charge in [-0.3, -0.25) is 4.79 Å². The van der Waals surface area contributed by atoms with Crippen molar-refractivity contribution in [2.75, 3.05) is 39.0 Å². The Kier molecular flexibility index (Phi) is 11.8. The van der Waals surface area contributed by atoms with Crippen molar-refractivity contribution < 1.29 is 28.0 Å². The van der Waals surface area contributed by atoms with Gasteiger partial charge in [0.25, 0.3) is 0 Å². The van der Waals surface area contributed by atoms with Crippen LogP contribution in [0.5, 0.6) is 0 Å². The highest BCUT2D eigenvalue weighted by molar-refractivity contribution is 7.90. The van der Waals surface area contributed by atoms with Crippen LogP contribution in [0.2, 0.25) is 0 Å². The monoisotopic (exact) mass is 611 g/mol.